The third-order valence-corrected chi connectivity index (χ3v) is 8.63. The minimum atomic E-state index is -0.645. The van der Waals surface area contributed by atoms with Gasteiger partial charge >= 0.3 is 5.76 Å². The molecule has 1 aliphatic heterocycles. The fourth-order valence-corrected chi connectivity index (χ4v) is 6.53. The summed E-state index contributed by atoms with van der Waals surface area (Å²) in [6.45, 7) is 5.95. The molecule has 212 valence electrons. The van der Waals surface area contributed by atoms with Gasteiger partial charge in [-0.3, -0.25) is 14.5 Å². The van der Waals surface area contributed by atoms with Crippen molar-refractivity contribution in [3.05, 3.63) is 57.6 Å². The highest BCUT2D eigenvalue weighted by Gasteiger charge is 2.34. The highest BCUT2D eigenvalue weighted by atomic mass is 35.5. The third kappa shape index (κ3) is 4.92. The molecular formula is C29H31ClN8O3. The maximum Gasteiger partial charge on any atom is 0.439 e. The zero-order valence-electron chi connectivity index (χ0n) is 23.0. The van der Waals surface area contributed by atoms with Crippen LogP contribution in [0.5, 0.6) is 0 Å². The van der Waals surface area contributed by atoms with Crippen molar-refractivity contribution in [1.82, 2.24) is 34.8 Å². The molecule has 11 nitrogen and oxygen atoms in total. The van der Waals surface area contributed by atoms with Gasteiger partial charge in [-0.2, -0.15) is 0 Å². The molecule has 1 saturated heterocycles. The Labute approximate surface area is 240 Å². The van der Waals surface area contributed by atoms with E-state index in [0.717, 1.165) is 65.8 Å². The summed E-state index contributed by atoms with van der Waals surface area (Å²) >= 11 is 6.40. The number of hydrogen-bond acceptors (Lipinski definition) is 9. The molecule has 5 aromatic heterocycles. The Bertz CT molecular complexity index is 1760. The van der Waals surface area contributed by atoms with Crippen LogP contribution in [0.4, 0.5) is 5.95 Å². The lowest BCUT2D eigenvalue weighted by atomic mass is 9.83. The average Bonchev–Trinajstić information content (AvgIpc) is 3.76. The number of hydrogen-bond donors (Lipinski definition) is 1. The Kier molecular flexibility index (Phi) is 6.61. The lowest BCUT2D eigenvalue weighted by Gasteiger charge is -2.30. The number of anilines is 1. The highest BCUT2D eigenvalue weighted by molar-refractivity contribution is 6.30. The molecular weight excluding hydrogens is 544 g/mol. The summed E-state index contributed by atoms with van der Waals surface area (Å²) < 4.78 is 12.9. The van der Waals surface area contributed by atoms with E-state index in [0.29, 0.717) is 22.3 Å². The van der Waals surface area contributed by atoms with Crippen molar-refractivity contribution >= 4 is 28.6 Å². The normalized spacial score (nSPS) is 21.2. The molecule has 0 radical (unpaired) electrons. The molecule has 0 unspecified atom stereocenters. The van der Waals surface area contributed by atoms with Crippen LogP contribution in [-0.2, 0) is 6.54 Å². The first kappa shape index (κ1) is 25.9. The van der Waals surface area contributed by atoms with Gasteiger partial charge in [-0.15, -0.1) is 0 Å². The first-order valence-electron chi connectivity index (χ1n) is 14.2. The van der Waals surface area contributed by atoms with Crippen LogP contribution in [0.25, 0.3) is 33.8 Å². The molecule has 2 aliphatic rings. The molecule has 1 saturated carbocycles. The smallest absolute Gasteiger partial charge is 0.359 e. The zero-order chi connectivity index (χ0) is 28.1. The maximum atomic E-state index is 11.8. The molecule has 41 heavy (non-hydrogen) atoms. The number of fused-ring (bicyclic) bond motifs is 1. The summed E-state index contributed by atoms with van der Waals surface area (Å²) in [6.07, 6.45) is 10.1. The van der Waals surface area contributed by atoms with Crippen LogP contribution < -0.4 is 10.7 Å². The van der Waals surface area contributed by atoms with Crippen LogP contribution in [0.3, 0.4) is 0 Å². The lowest BCUT2D eigenvalue weighted by Crippen LogP contribution is -2.27. The number of aromatic amines is 1. The van der Waals surface area contributed by atoms with Crippen LogP contribution >= 0.6 is 11.6 Å². The van der Waals surface area contributed by atoms with Gasteiger partial charge in [0, 0.05) is 37.1 Å². The Morgan fingerprint density at radius 1 is 1.05 bits per heavy atom. The van der Waals surface area contributed by atoms with Crippen LogP contribution in [0, 0.1) is 18.8 Å². The molecule has 1 aliphatic carbocycles. The molecule has 0 bridgehead atoms. The van der Waals surface area contributed by atoms with Gasteiger partial charge in [0.2, 0.25) is 11.8 Å². The lowest BCUT2D eigenvalue weighted by molar-refractivity contribution is 0.266. The molecule has 0 aromatic carbocycles. The third-order valence-electron chi connectivity index (χ3n) is 8.43. The van der Waals surface area contributed by atoms with E-state index in [4.69, 9.17) is 30.6 Å². The van der Waals surface area contributed by atoms with E-state index in [-0.39, 0.29) is 11.9 Å². The van der Waals surface area contributed by atoms with Crippen LogP contribution in [0.2, 0.25) is 5.02 Å². The second kappa shape index (κ2) is 10.4. The number of H-pyrrole nitrogens is 1. The highest BCUT2D eigenvalue weighted by Crippen LogP contribution is 2.41. The molecule has 6 heterocycles. The van der Waals surface area contributed by atoms with E-state index in [1.807, 2.05) is 25.1 Å². The van der Waals surface area contributed by atoms with Crippen LogP contribution in [-0.4, -0.2) is 41.4 Å². The van der Waals surface area contributed by atoms with Gasteiger partial charge in [-0.05, 0) is 56.6 Å². The van der Waals surface area contributed by atoms with Gasteiger partial charge in [0.15, 0.2) is 5.76 Å². The van der Waals surface area contributed by atoms with Crippen molar-refractivity contribution in [2.24, 2.45) is 11.8 Å². The summed E-state index contributed by atoms with van der Waals surface area (Å²) in [7, 11) is 0. The Hall–Kier alpha value is -3.99. The van der Waals surface area contributed by atoms with Gasteiger partial charge in [0.25, 0.3) is 0 Å². The van der Waals surface area contributed by atoms with Gasteiger partial charge < -0.3 is 14.0 Å². The number of rotatable bonds is 6. The van der Waals surface area contributed by atoms with E-state index in [2.05, 4.69) is 36.7 Å². The second-order valence-electron chi connectivity index (χ2n) is 11.4. The maximum absolute atomic E-state index is 11.8. The summed E-state index contributed by atoms with van der Waals surface area (Å²) in [5, 5.41) is 8.56. The molecule has 1 N–H and O–H groups in total. The summed E-state index contributed by atoms with van der Waals surface area (Å²) in [4.78, 5) is 31.3. The summed E-state index contributed by atoms with van der Waals surface area (Å²) in [5.41, 5.74) is 4.38. The Morgan fingerprint density at radius 2 is 1.90 bits per heavy atom. The van der Waals surface area contributed by atoms with Crippen molar-refractivity contribution in [3.63, 3.8) is 0 Å². The Morgan fingerprint density at radius 3 is 2.63 bits per heavy atom. The fraction of sp³-hybridized carbons (Fsp3) is 0.448. The average molecular weight is 575 g/mol. The van der Waals surface area contributed by atoms with Gasteiger partial charge in [-0.25, -0.2) is 14.8 Å². The van der Waals surface area contributed by atoms with Crippen LogP contribution in [0.15, 0.2) is 44.4 Å². The number of nitrogens with one attached hydrogen (secondary N) is 1. The molecule has 0 amide bonds. The number of aryl methyl sites for hydroxylation is 1. The topological polar surface area (TPSA) is 132 Å². The predicted molar refractivity (Wildman–Crippen MR) is 154 cm³/mol. The largest absolute Gasteiger partial charge is 0.439 e. The summed E-state index contributed by atoms with van der Waals surface area (Å²) in [5.74, 6) is 2.59. The summed E-state index contributed by atoms with van der Waals surface area (Å²) in [6, 6.07) is 5.76. The van der Waals surface area contributed by atoms with Crippen molar-refractivity contribution in [1.29, 1.82) is 0 Å². The fourth-order valence-electron chi connectivity index (χ4n) is 6.35. The quantitative estimate of drug-likeness (QED) is 0.261. The number of nitrogens with zero attached hydrogens (tertiary/aromatic N) is 7. The number of halogens is 1. The first-order valence-corrected chi connectivity index (χ1v) is 14.6. The molecule has 1 atom stereocenters. The molecule has 12 heteroatoms. The van der Waals surface area contributed by atoms with Gasteiger partial charge in [0.1, 0.15) is 5.69 Å². The van der Waals surface area contributed by atoms with Gasteiger partial charge in [-0.1, -0.05) is 41.7 Å². The van der Waals surface area contributed by atoms with E-state index in [1.54, 1.807) is 12.4 Å². The molecule has 7 rings (SSSR count). The van der Waals surface area contributed by atoms with E-state index in [9.17, 15) is 4.79 Å². The second-order valence-corrected chi connectivity index (χ2v) is 11.9. The predicted octanol–water partition coefficient (Wildman–Crippen LogP) is 5.95. The Balaban J connectivity index is 1.44. The van der Waals surface area contributed by atoms with E-state index >= 15 is 0 Å². The van der Waals surface area contributed by atoms with Crippen molar-refractivity contribution in [2.45, 2.75) is 65.0 Å². The molecule has 2 fully saturated rings. The minimum absolute atomic E-state index is 0.0359. The zero-order valence-corrected chi connectivity index (χ0v) is 23.8. The van der Waals surface area contributed by atoms with Crippen molar-refractivity contribution in [2.75, 3.05) is 11.4 Å². The molecule has 5 aromatic rings. The number of pyridine rings is 2. The number of aromatic nitrogens is 7. The van der Waals surface area contributed by atoms with Crippen molar-refractivity contribution < 1.29 is 9.05 Å². The SMILES string of the molecule is Cc1cc([C@@H]2CCCN2c2nc3cc(-c4noc(=O)[nH]4)nc(-c4cncc(Cl)c4)c3n2CC2CCC(C)CC2)on1. The first-order chi connectivity index (χ1) is 19.9. The molecule has 0 spiro atoms. The number of imidazole rings is 1. The standard InChI is InChI=1S/C29H31ClN8O3/c1-16-5-7-18(8-6-16)15-38-26-21(33-28(38)37-9-3-4-23(37)24-10-17(2)35-40-24)12-22(27-34-29(39)41-36-27)32-25(26)19-11-20(30)14-31-13-19/h10-14,16,18,23H,3-9,15H2,1-2H3,(H,34,36,39)/t16?,18?,23-/m0/s1. The van der Waals surface area contributed by atoms with Gasteiger partial charge in [0.05, 0.1) is 33.5 Å². The minimum Gasteiger partial charge on any atom is -0.359 e. The van der Waals surface area contributed by atoms with E-state index in [1.165, 1.54) is 25.7 Å². The van der Waals surface area contributed by atoms with E-state index < -0.39 is 5.76 Å². The van der Waals surface area contributed by atoms with Crippen LogP contribution in [0.1, 0.15) is 62.9 Å². The van der Waals surface area contributed by atoms with Crippen molar-refractivity contribution in [3.8, 4) is 22.8 Å². The monoisotopic (exact) mass is 574 g/mol.